The smallest absolute Gasteiger partial charge is 0.157 e. The zero-order valence-corrected chi connectivity index (χ0v) is 17.7. The summed E-state index contributed by atoms with van der Waals surface area (Å²) < 4.78 is 0. The number of halogens is 3. The summed E-state index contributed by atoms with van der Waals surface area (Å²) in [4.78, 5) is 2.35. The number of phenols is 2. The molecule has 26 heavy (non-hydrogen) atoms. The van der Waals surface area contributed by atoms with E-state index in [1.165, 1.54) is 0 Å². The van der Waals surface area contributed by atoms with Gasteiger partial charge in [-0.05, 0) is 67.3 Å². The van der Waals surface area contributed by atoms with E-state index in [4.69, 9.17) is 23.2 Å². The van der Waals surface area contributed by atoms with Gasteiger partial charge < -0.3 is 10.2 Å². The van der Waals surface area contributed by atoms with Gasteiger partial charge in [0, 0.05) is 28.0 Å². The molecule has 2 aromatic carbocycles. The molecule has 0 spiro atoms. The molecule has 2 aromatic rings. The maximum Gasteiger partial charge on any atom is 0.157 e. The SMILES string of the molecule is Br.CN1CCc2cc(O)c(O)cc2C1C1(c2ccc(Cl)cc2Cl)CCC1. The van der Waals surface area contributed by atoms with E-state index in [-0.39, 0.29) is 39.9 Å². The van der Waals surface area contributed by atoms with E-state index in [0.29, 0.717) is 10.0 Å². The Morgan fingerprint density at radius 2 is 1.77 bits per heavy atom. The van der Waals surface area contributed by atoms with Gasteiger partial charge in [0.15, 0.2) is 11.5 Å². The van der Waals surface area contributed by atoms with Crippen LogP contribution in [0, 0.1) is 0 Å². The van der Waals surface area contributed by atoms with Crippen molar-refractivity contribution in [2.75, 3.05) is 13.6 Å². The highest BCUT2D eigenvalue weighted by Gasteiger charge is 2.50. The maximum absolute atomic E-state index is 10.1. The third-order valence-corrected chi connectivity index (χ3v) is 6.49. The van der Waals surface area contributed by atoms with Gasteiger partial charge >= 0.3 is 0 Å². The monoisotopic (exact) mass is 457 g/mol. The first-order valence-corrected chi connectivity index (χ1v) is 9.38. The lowest BCUT2D eigenvalue weighted by Gasteiger charge is -2.54. The number of rotatable bonds is 2. The van der Waals surface area contributed by atoms with Crippen LogP contribution in [0.15, 0.2) is 30.3 Å². The summed E-state index contributed by atoms with van der Waals surface area (Å²) in [6.07, 6.45) is 4.11. The van der Waals surface area contributed by atoms with E-state index >= 15 is 0 Å². The van der Waals surface area contributed by atoms with Gasteiger partial charge in [-0.3, -0.25) is 4.90 Å². The number of hydrogen-bond acceptors (Lipinski definition) is 3. The molecule has 1 saturated carbocycles. The Morgan fingerprint density at radius 1 is 1.08 bits per heavy atom. The highest BCUT2D eigenvalue weighted by molar-refractivity contribution is 8.93. The van der Waals surface area contributed by atoms with Crippen molar-refractivity contribution in [2.24, 2.45) is 0 Å². The van der Waals surface area contributed by atoms with Crippen LogP contribution in [0.25, 0.3) is 0 Å². The molecule has 0 saturated heterocycles. The molecule has 2 N–H and O–H groups in total. The fourth-order valence-electron chi connectivity index (χ4n) is 4.63. The average molecular weight is 459 g/mol. The summed E-state index contributed by atoms with van der Waals surface area (Å²) in [5, 5.41) is 21.3. The third kappa shape index (κ3) is 3.01. The Hall–Kier alpha value is -0.940. The first-order valence-electron chi connectivity index (χ1n) is 8.63. The lowest BCUT2D eigenvalue weighted by molar-refractivity contribution is 0.0715. The zero-order chi connectivity index (χ0) is 17.8. The number of nitrogens with zero attached hydrogens (tertiary/aromatic N) is 1. The number of benzene rings is 2. The van der Waals surface area contributed by atoms with E-state index in [1.807, 2.05) is 18.2 Å². The minimum Gasteiger partial charge on any atom is -0.504 e. The normalized spacial score (nSPS) is 21.4. The van der Waals surface area contributed by atoms with E-state index < -0.39 is 0 Å². The van der Waals surface area contributed by atoms with E-state index in [2.05, 4.69) is 11.9 Å². The van der Waals surface area contributed by atoms with Crippen LogP contribution in [-0.2, 0) is 11.8 Å². The zero-order valence-electron chi connectivity index (χ0n) is 14.5. The number of likely N-dealkylation sites (N-methyl/N-ethyl adjacent to an activating group) is 1. The Bertz CT molecular complexity index is 839. The molecule has 140 valence electrons. The Morgan fingerprint density at radius 3 is 2.38 bits per heavy atom. The second-order valence-electron chi connectivity index (χ2n) is 7.31. The summed E-state index contributed by atoms with van der Waals surface area (Å²) in [7, 11) is 2.13. The van der Waals surface area contributed by atoms with Crippen LogP contribution in [-0.4, -0.2) is 28.7 Å². The second kappa shape index (κ2) is 7.23. The molecule has 1 aliphatic carbocycles. The molecule has 3 nitrogen and oxygen atoms in total. The van der Waals surface area contributed by atoms with Crippen molar-refractivity contribution < 1.29 is 10.2 Å². The Balaban J connectivity index is 0.00000196. The number of phenolic OH excluding ortho intramolecular Hbond substituents is 2. The van der Waals surface area contributed by atoms with Gasteiger partial charge in [-0.25, -0.2) is 0 Å². The second-order valence-corrected chi connectivity index (χ2v) is 8.15. The van der Waals surface area contributed by atoms with Crippen molar-refractivity contribution in [3.63, 3.8) is 0 Å². The van der Waals surface area contributed by atoms with Gasteiger partial charge in [-0.15, -0.1) is 17.0 Å². The van der Waals surface area contributed by atoms with Crippen LogP contribution < -0.4 is 0 Å². The molecule has 6 heteroatoms. The molecule has 0 bridgehead atoms. The predicted molar refractivity (Wildman–Crippen MR) is 111 cm³/mol. The Labute approximate surface area is 174 Å². The first-order chi connectivity index (χ1) is 11.9. The van der Waals surface area contributed by atoms with E-state index in [0.717, 1.165) is 48.9 Å². The molecule has 4 rings (SSSR count). The van der Waals surface area contributed by atoms with Gasteiger partial charge in [0.25, 0.3) is 0 Å². The first kappa shape index (κ1) is 19.8. The van der Waals surface area contributed by atoms with Crippen molar-refractivity contribution in [2.45, 2.75) is 37.1 Å². The maximum atomic E-state index is 10.1. The molecule has 0 radical (unpaired) electrons. The van der Waals surface area contributed by atoms with Crippen LogP contribution in [0.2, 0.25) is 10.0 Å². The van der Waals surface area contributed by atoms with Crippen LogP contribution in [0.1, 0.15) is 42.0 Å². The van der Waals surface area contributed by atoms with Gasteiger partial charge in [-0.1, -0.05) is 35.7 Å². The van der Waals surface area contributed by atoms with Crippen molar-refractivity contribution in [1.82, 2.24) is 4.90 Å². The summed E-state index contributed by atoms with van der Waals surface area (Å²) in [6, 6.07) is 9.33. The number of hydrogen-bond donors (Lipinski definition) is 2. The van der Waals surface area contributed by atoms with Crippen LogP contribution >= 0.6 is 40.2 Å². The highest BCUT2D eigenvalue weighted by atomic mass is 79.9. The summed E-state index contributed by atoms with van der Waals surface area (Å²) in [6.45, 7) is 0.912. The minimum atomic E-state index is -0.0883. The fraction of sp³-hybridized carbons (Fsp3) is 0.400. The van der Waals surface area contributed by atoms with Gasteiger partial charge in [0.1, 0.15) is 0 Å². The molecule has 0 aromatic heterocycles. The molecule has 1 heterocycles. The molecular formula is C20H22BrCl2NO2. The molecule has 0 amide bonds. The molecule has 1 aliphatic heterocycles. The summed E-state index contributed by atoms with van der Waals surface area (Å²) in [5.74, 6) is -0.107. The topological polar surface area (TPSA) is 43.7 Å². The third-order valence-electron chi connectivity index (χ3n) is 5.94. The number of aromatic hydroxyl groups is 2. The Kier molecular flexibility index (Phi) is 5.51. The van der Waals surface area contributed by atoms with Crippen molar-refractivity contribution in [1.29, 1.82) is 0 Å². The molecule has 1 unspecified atom stereocenters. The molecular weight excluding hydrogens is 437 g/mol. The molecule has 1 fully saturated rings. The standard InChI is InChI=1S/C20H21Cl2NO2.BrH/c1-23-8-5-12-9-17(24)18(25)11-14(12)19(23)20(6-2-7-20)15-4-3-13(21)10-16(15)22;/h3-4,9-11,19,24-25H,2,5-8H2,1H3;1H. The highest BCUT2D eigenvalue weighted by Crippen LogP contribution is 2.57. The lowest BCUT2D eigenvalue weighted by atomic mass is 9.57. The van der Waals surface area contributed by atoms with Crippen LogP contribution in [0.5, 0.6) is 11.5 Å². The quantitative estimate of drug-likeness (QED) is 0.572. The summed E-state index contributed by atoms with van der Waals surface area (Å²) >= 11 is 12.7. The van der Waals surface area contributed by atoms with Gasteiger partial charge in [0.2, 0.25) is 0 Å². The van der Waals surface area contributed by atoms with E-state index in [9.17, 15) is 10.2 Å². The van der Waals surface area contributed by atoms with Crippen LogP contribution in [0.3, 0.4) is 0 Å². The van der Waals surface area contributed by atoms with Gasteiger partial charge in [0.05, 0.1) is 0 Å². The fourth-order valence-corrected chi connectivity index (χ4v) is 5.23. The largest absolute Gasteiger partial charge is 0.504 e. The van der Waals surface area contributed by atoms with Crippen molar-refractivity contribution >= 4 is 40.2 Å². The van der Waals surface area contributed by atoms with Crippen LogP contribution in [0.4, 0.5) is 0 Å². The van der Waals surface area contributed by atoms with Crippen molar-refractivity contribution in [3.05, 3.63) is 57.1 Å². The van der Waals surface area contributed by atoms with Crippen molar-refractivity contribution in [3.8, 4) is 11.5 Å². The minimum absolute atomic E-state index is 0. The summed E-state index contributed by atoms with van der Waals surface area (Å²) in [5.41, 5.74) is 3.24. The molecule has 2 aliphatic rings. The molecule has 1 atom stereocenters. The lowest BCUT2D eigenvalue weighted by Crippen LogP contribution is -2.50. The average Bonchev–Trinajstić information content (AvgIpc) is 2.52. The predicted octanol–water partition coefficient (Wildman–Crippen LogP) is 5.63. The van der Waals surface area contributed by atoms with Gasteiger partial charge in [-0.2, -0.15) is 0 Å². The number of fused-ring (bicyclic) bond motifs is 1. The van der Waals surface area contributed by atoms with E-state index in [1.54, 1.807) is 12.1 Å².